The van der Waals surface area contributed by atoms with Gasteiger partial charge in [-0.2, -0.15) is 4.98 Å². The van der Waals surface area contributed by atoms with Gasteiger partial charge in [-0.05, 0) is 56.2 Å². The zero-order valence-corrected chi connectivity index (χ0v) is 14.9. The van der Waals surface area contributed by atoms with Crippen LogP contribution in [0.1, 0.15) is 19.8 Å². The molecule has 1 fully saturated rings. The van der Waals surface area contributed by atoms with Crippen LogP contribution in [0, 0.1) is 11.7 Å². The molecule has 0 saturated heterocycles. The number of hydrogen-bond donors (Lipinski definition) is 1. The van der Waals surface area contributed by atoms with E-state index in [1.54, 1.807) is 42.5 Å². The zero-order chi connectivity index (χ0) is 18.8. The first-order valence-corrected chi connectivity index (χ1v) is 8.91. The number of nitrogens with one attached hydrogen (secondary N) is 1. The Kier molecular flexibility index (Phi) is 4.58. The number of amides is 1. The fourth-order valence-electron chi connectivity index (χ4n) is 2.76. The number of nitrogens with zero attached hydrogens (tertiary/aromatic N) is 3. The van der Waals surface area contributed by atoms with Crippen molar-refractivity contribution in [3.05, 3.63) is 54.3 Å². The van der Waals surface area contributed by atoms with E-state index >= 15 is 0 Å². The summed E-state index contributed by atoms with van der Waals surface area (Å²) in [4.78, 5) is 16.2. The van der Waals surface area contributed by atoms with Gasteiger partial charge in [-0.15, -0.1) is 5.10 Å². The average Bonchev–Trinajstić information content (AvgIpc) is 3.44. The molecule has 7 heteroatoms. The summed E-state index contributed by atoms with van der Waals surface area (Å²) in [6.45, 7) is 2.24. The Hall–Kier alpha value is -3.22. The lowest BCUT2D eigenvalue weighted by atomic mass is 10.2. The van der Waals surface area contributed by atoms with Crippen molar-refractivity contribution >= 4 is 11.6 Å². The molecule has 27 heavy (non-hydrogen) atoms. The molecule has 0 unspecified atom stereocenters. The number of carbonyl (C=O) groups is 1. The first-order valence-electron chi connectivity index (χ1n) is 8.91. The fraction of sp³-hybridized carbons (Fsp3) is 0.250. The number of rotatable bonds is 6. The van der Waals surface area contributed by atoms with Gasteiger partial charge in [0.2, 0.25) is 5.91 Å². The maximum absolute atomic E-state index is 14.3. The van der Waals surface area contributed by atoms with E-state index in [4.69, 9.17) is 4.74 Å². The largest absolute Gasteiger partial charge is 0.463 e. The van der Waals surface area contributed by atoms with Crippen molar-refractivity contribution < 1.29 is 13.9 Å². The van der Waals surface area contributed by atoms with E-state index in [0.29, 0.717) is 29.4 Å². The van der Waals surface area contributed by atoms with Crippen LogP contribution in [0.3, 0.4) is 0 Å². The summed E-state index contributed by atoms with van der Waals surface area (Å²) in [5.74, 6) is 0.157. The van der Waals surface area contributed by atoms with Gasteiger partial charge in [-0.25, -0.2) is 9.07 Å². The van der Waals surface area contributed by atoms with E-state index < -0.39 is 0 Å². The van der Waals surface area contributed by atoms with Crippen molar-refractivity contribution in [2.45, 2.75) is 19.8 Å². The first-order chi connectivity index (χ1) is 13.2. The van der Waals surface area contributed by atoms with Crippen molar-refractivity contribution in [2.75, 3.05) is 11.9 Å². The van der Waals surface area contributed by atoms with E-state index in [1.807, 2.05) is 6.92 Å². The molecule has 1 aliphatic rings. The molecule has 0 spiro atoms. The minimum Gasteiger partial charge on any atom is -0.463 e. The highest BCUT2D eigenvalue weighted by Gasteiger charge is 2.29. The van der Waals surface area contributed by atoms with Crippen LogP contribution in [-0.4, -0.2) is 27.3 Å². The Morgan fingerprint density at radius 2 is 1.96 bits per heavy atom. The summed E-state index contributed by atoms with van der Waals surface area (Å²) < 4.78 is 21.2. The van der Waals surface area contributed by atoms with Crippen molar-refractivity contribution in [2.24, 2.45) is 5.92 Å². The van der Waals surface area contributed by atoms with Crippen LogP contribution in [0.2, 0.25) is 0 Å². The third-order valence-corrected chi connectivity index (χ3v) is 4.30. The maximum atomic E-state index is 14.3. The molecule has 0 bridgehead atoms. The number of carbonyl (C=O) groups excluding carboxylic acids is 1. The molecule has 1 aromatic heterocycles. The van der Waals surface area contributed by atoms with Crippen LogP contribution in [-0.2, 0) is 4.79 Å². The van der Waals surface area contributed by atoms with Crippen molar-refractivity contribution in [1.82, 2.24) is 14.8 Å². The zero-order valence-electron chi connectivity index (χ0n) is 14.9. The number of aromatic nitrogens is 3. The normalized spacial score (nSPS) is 13.4. The quantitative estimate of drug-likeness (QED) is 0.720. The molecule has 3 aromatic rings. The first kappa shape index (κ1) is 17.2. The number of anilines is 1. The van der Waals surface area contributed by atoms with Gasteiger partial charge < -0.3 is 10.1 Å². The molecule has 6 nitrogen and oxygen atoms in total. The molecule has 4 rings (SSSR count). The number of ether oxygens (including phenoxy) is 1. The average molecular weight is 366 g/mol. The Morgan fingerprint density at radius 1 is 1.22 bits per heavy atom. The Labute approximate surface area is 156 Å². The fourth-order valence-corrected chi connectivity index (χ4v) is 2.76. The predicted molar refractivity (Wildman–Crippen MR) is 99.3 cm³/mol. The van der Waals surface area contributed by atoms with Gasteiger partial charge in [0.1, 0.15) is 5.82 Å². The van der Waals surface area contributed by atoms with E-state index in [9.17, 15) is 9.18 Å². The van der Waals surface area contributed by atoms with Crippen molar-refractivity contribution in [3.63, 3.8) is 0 Å². The van der Waals surface area contributed by atoms with Crippen LogP contribution in [0.15, 0.2) is 48.5 Å². The van der Waals surface area contributed by atoms with Crippen LogP contribution in [0.4, 0.5) is 10.1 Å². The smallest absolute Gasteiger partial charge is 0.336 e. The molecule has 0 aliphatic heterocycles. The lowest BCUT2D eigenvalue weighted by molar-refractivity contribution is -0.117. The second-order valence-corrected chi connectivity index (χ2v) is 6.35. The molecule has 138 valence electrons. The second kappa shape index (κ2) is 7.19. The second-order valence-electron chi connectivity index (χ2n) is 6.35. The molecule has 1 heterocycles. The summed E-state index contributed by atoms with van der Waals surface area (Å²) in [6, 6.07) is 13.8. The summed E-state index contributed by atoms with van der Waals surface area (Å²) in [5, 5.41) is 7.24. The van der Waals surface area contributed by atoms with Gasteiger partial charge in [0, 0.05) is 11.6 Å². The Balaban J connectivity index is 1.67. The topological polar surface area (TPSA) is 69.0 Å². The van der Waals surface area contributed by atoms with E-state index in [-0.39, 0.29) is 23.7 Å². The SMILES string of the molecule is CCOc1nc(-c2ccccc2F)n(-c2ccc(NC(=O)C3CC3)cc2)n1. The van der Waals surface area contributed by atoms with Crippen molar-refractivity contribution in [3.8, 4) is 23.1 Å². The molecular formula is C20H19FN4O2. The predicted octanol–water partition coefficient (Wildman–Crippen LogP) is 3.82. The van der Waals surface area contributed by atoms with E-state index in [0.717, 1.165) is 12.8 Å². The van der Waals surface area contributed by atoms with Crippen LogP contribution in [0.5, 0.6) is 6.01 Å². The highest BCUT2D eigenvalue weighted by Crippen LogP contribution is 2.30. The minimum absolute atomic E-state index is 0.0502. The van der Waals surface area contributed by atoms with Crippen LogP contribution >= 0.6 is 0 Å². The molecule has 0 radical (unpaired) electrons. The molecule has 1 amide bonds. The molecule has 1 saturated carbocycles. The van der Waals surface area contributed by atoms with Crippen molar-refractivity contribution in [1.29, 1.82) is 0 Å². The number of benzene rings is 2. The Bertz CT molecular complexity index is 964. The number of halogens is 1. The minimum atomic E-state index is -0.387. The van der Waals surface area contributed by atoms with Crippen LogP contribution in [0.25, 0.3) is 17.1 Å². The highest BCUT2D eigenvalue weighted by atomic mass is 19.1. The van der Waals surface area contributed by atoms with Crippen LogP contribution < -0.4 is 10.1 Å². The third kappa shape index (κ3) is 3.67. The molecule has 2 aromatic carbocycles. The molecule has 1 aliphatic carbocycles. The van der Waals surface area contributed by atoms with E-state index in [2.05, 4.69) is 15.4 Å². The summed E-state index contributed by atoms with van der Waals surface area (Å²) in [7, 11) is 0. The summed E-state index contributed by atoms with van der Waals surface area (Å²) in [6.07, 6.45) is 1.91. The highest BCUT2D eigenvalue weighted by molar-refractivity contribution is 5.94. The molecular weight excluding hydrogens is 347 g/mol. The summed E-state index contributed by atoms with van der Waals surface area (Å²) in [5.41, 5.74) is 1.74. The van der Waals surface area contributed by atoms with Gasteiger partial charge in [0.05, 0.1) is 17.9 Å². The standard InChI is InChI=1S/C20H19FN4O2/c1-2-27-20-23-18(16-5-3-4-6-17(16)21)25(24-20)15-11-9-14(10-12-15)22-19(26)13-7-8-13/h3-6,9-13H,2,7-8H2,1H3,(H,22,26). The lowest BCUT2D eigenvalue weighted by Gasteiger charge is -2.08. The van der Waals surface area contributed by atoms with Gasteiger partial charge in [0.15, 0.2) is 5.82 Å². The maximum Gasteiger partial charge on any atom is 0.336 e. The monoisotopic (exact) mass is 366 g/mol. The number of hydrogen-bond acceptors (Lipinski definition) is 4. The van der Waals surface area contributed by atoms with E-state index in [1.165, 1.54) is 10.7 Å². The lowest BCUT2D eigenvalue weighted by Crippen LogP contribution is -2.13. The van der Waals surface area contributed by atoms with Gasteiger partial charge in [-0.3, -0.25) is 4.79 Å². The Morgan fingerprint density at radius 3 is 2.63 bits per heavy atom. The molecule has 1 N–H and O–H groups in total. The van der Waals surface area contributed by atoms with Gasteiger partial charge >= 0.3 is 6.01 Å². The van der Waals surface area contributed by atoms with Gasteiger partial charge in [0.25, 0.3) is 0 Å². The third-order valence-electron chi connectivity index (χ3n) is 4.30. The van der Waals surface area contributed by atoms with Gasteiger partial charge in [-0.1, -0.05) is 12.1 Å². The molecule has 0 atom stereocenters. The summed E-state index contributed by atoms with van der Waals surface area (Å²) >= 11 is 0.